The maximum Gasteiger partial charge on any atom is 0.325 e. The zero-order chi connectivity index (χ0) is 16.2. The highest BCUT2D eigenvalue weighted by Crippen LogP contribution is 2.25. The van der Waals surface area contributed by atoms with Crippen LogP contribution in [0.5, 0.6) is 5.75 Å². The highest BCUT2D eigenvalue weighted by Gasteiger charge is 2.21. The van der Waals surface area contributed by atoms with Crippen molar-refractivity contribution in [3.8, 4) is 5.75 Å². The van der Waals surface area contributed by atoms with Crippen molar-refractivity contribution in [2.45, 2.75) is 38.3 Å². The summed E-state index contributed by atoms with van der Waals surface area (Å²) in [6, 6.07) is 8.35. The van der Waals surface area contributed by atoms with Gasteiger partial charge < -0.3 is 14.3 Å². The van der Waals surface area contributed by atoms with E-state index < -0.39 is 12.0 Å². The minimum Gasteiger partial charge on any atom is -0.497 e. The van der Waals surface area contributed by atoms with Gasteiger partial charge in [0, 0.05) is 6.42 Å². The van der Waals surface area contributed by atoms with Crippen molar-refractivity contribution in [2.75, 3.05) is 7.11 Å². The predicted molar refractivity (Wildman–Crippen MR) is 85.6 cm³/mol. The van der Waals surface area contributed by atoms with Gasteiger partial charge in [0.25, 0.3) is 0 Å². The molecular formula is C18H21NO4. The Kier molecular flexibility index (Phi) is 4.67. The number of fused-ring (bicyclic) bond motifs is 1. The highest BCUT2D eigenvalue weighted by molar-refractivity contribution is 5.75. The molecule has 5 nitrogen and oxygen atoms in total. The molecule has 1 atom stereocenters. The van der Waals surface area contributed by atoms with Gasteiger partial charge in [-0.25, -0.2) is 0 Å². The van der Waals surface area contributed by atoms with Crippen molar-refractivity contribution < 1.29 is 19.1 Å². The van der Waals surface area contributed by atoms with Gasteiger partial charge in [-0.15, -0.1) is 0 Å². The largest absolute Gasteiger partial charge is 0.497 e. The molecule has 1 aliphatic rings. The number of carboxylic acid groups (broad SMARTS) is 1. The Balaban J connectivity index is 1.72. The summed E-state index contributed by atoms with van der Waals surface area (Å²) in [5, 5.41) is 12.6. The molecule has 1 heterocycles. The van der Waals surface area contributed by atoms with Gasteiger partial charge in [0.15, 0.2) is 0 Å². The van der Waals surface area contributed by atoms with Gasteiger partial charge in [0.05, 0.1) is 13.7 Å². The van der Waals surface area contributed by atoms with Crippen LogP contribution in [0.1, 0.15) is 41.5 Å². The number of furan rings is 1. The van der Waals surface area contributed by atoms with Crippen LogP contribution >= 0.6 is 0 Å². The molecule has 0 fully saturated rings. The van der Waals surface area contributed by atoms with Gasteiger partial charge in [-0.3, -0.25) is 10.1 Å². The Bertz CT molecular complexity index is 669. The lowest BCUT2D eigenvalue weighted by Crippen LogP contribution is -2.28. The third-order valence-electron chi connectivity index (χ3n) is 4.20. The van der Waals surface area contributed by atoms with Crippen LogP contribution in [0.15, 0.2) is 34.7 Å². The first-order valence-corrected chi connectivity index (χ1v) is 7.88. The average molecular weight is 315 g/mol. The van der Waals surface area contributed by atoms with E-state index in [1.807, 2.05) is 6.07 Å². The quantitative estimate of drug-likeness (QED) is 0.857. The summed E-state index contributed by atoms with van der Waals surface area (Å²) in [4.78, 5) is 11.6. The molecule has 1 aliphatic carbocycles. The Morgan fingerprint density at radius 3 is 2.91 bits per heavy atom. The summed E-state index contributed by atoms with van der Waals surface area (Å²) in [7, 11) is 1.57. The summed E-state index contributed by atoms with van der Waals surface area (Å²) in [5.41, 5.74) is 1.93. The normalized spacial score (nSPS) is 15.0. The number of carboxylic acids is 1. The number of carbonyl (C=O) groups is 1. The summed E-state index contributed by atoms with van der Waals surface area (Å²) in [6.07, 6.45) is 4.39. The van der Waals surface area contributed by atoms with E-state index >= 15 is 0 Å². The van der Waals surface area contributed by atoms with Gasteiger partial charge in [0.1, 0.15) is 23.3 Å². The molecule has 23 heavy (non-hydrogen) atoms. The summed E-state index contributed by atoms with van der Waals surface area (Å²) in [5.74, 6) is 1.57. The van der Waals surface area contributed by atoms with E-state index in [2.05, 4.69) is 5.32 Å². The predicted octanol–water partition coefficient (Wildman–Crippen LogP) is 3.08. The first-order chi connectivity index (χ1) is 11.2. The molecule has 1 aromatic heterocycles. The lowest BCUT2D eigenvalue weighted by Gasteiger charge is -2.14. The second-order valence-electron chi connectivity index (χ2n) is 5.80. The van der Waals surface area contributed by atoms with Gasteiger partial charge in [-0.05, 0) is 48.6 Å². The van der Waals surface area contributed by atoms with E-state index in [9.17, 15) is 9.90 Å². The Morgan fingerprint density at radius 2 is 2.17 bits per heavy atom. The molecule has 1 unspecified atom stereocenters. The number of rotatable bonds is 6. The van der Waals surface area contributed by atoms with E-state index in [-0.39, 0.29) is 0 Å². The first-order valence-electron chi connectivity index (χ1n) is 7.88. The zero-order valence-electron chi connectivity index (χ0n) is 13.2. The average Bonchev–Trinajstić information content (AvgIpc) is 2.97. The van der Waals surface area contributed by atoms with Crippen molar-refractivity contribution in [2.24, 2.45) is 0 Å². The Labute approximate surface area is 135 Å². The molecule has 2 aromatic rings. The van der Waals surface area contributed by atoms with Crippen molar-refractivity contribution in [3.63, 3.8) is 0 Å². The summed E-state index contributed by atoms with van der Waals surface area (Å²) < 4.78 is 11.0. The lowest BCUT2D eigenvalue weighted by atomic mass is 9.99. The highest BCUT2D eigenvalue weighted by atomic mass is 16.5. The van der Waals surface area contributed by atoms with Crippen LogP contribution in [-0.2, 0) is 24.2 Å². The molecule has 3 rings (SSSR count). The number of hydrogen-bond donors (Lipinski definition) is 2. The van der Waals surface area contributed by atoms with E-state index in [1.54, 1.807) is 31.4 Å². The molecule has 0 saturated heterocycles. The molecule has 122 valence electrons. The van der Waals surface area contributed by atoms with Crippen LogP contribution in [0, 0.1) is 0 Å². The monoisotopic (exact) mass is 315 g/mol. The fraction of sp³-hybridized carbons (Fsp3) is 0.389. The van der Waals surface area contributed by atoms with Crippen LogP contribution in [0.25, 0.3) is 0 Å². The van der Waals surface area contributed by atoms with E-state index in [1.165, 1.54) is 12.0 Å². The fourth-order valence-electron chi connectivity index (χ4n) is 3.01. The number of hydrogen-bond acceptors (Lipinski definition) is 4. The number of aliphatic carboxylic acids is 1. The smallest absolute Gasteiger partial charge is 0.325 e. The number of ether oxygens (including phenoxy) is 1. The van der Waals surface area contributed by atoms with Gasteiger partial charge in [-0.1, -0.05) is 12.1 Å². The molecule has 0 radical (unpaired) electrons. The molecule has 0 spiro atoms. The van der Waals surface area contributed by atoms with Crippen LogP contribution < -0.4 is 10.1 Å². The Morgan fingerprint density at radius 1 is 1.35 bits per heavy atom. The topological polar surface area (TPSA) is 71.7 Å². The maximum atomic E-state index is 11.6. The minimum absolute atomic E-state index is 0.390. The van der Waals surface area contributed by atoms with Crippen molar-refractivity contribution in [1.29, 1.82) is 0 Å². The Hall–Kier alpha value is -2.27. The third kappa shape index (κ3) is 3.56. The lowest BCUT2D eigenvalue weighted by molar-refractivity contribution is -0.139. The second-order valence-corrected chi connectivity index (χ2v) is 5.80. The summed E-state index contributed by atoms with van der Waals surface area (Å²) >= 11 is 0. The molecule has 0 bridgehead atoms. The van der Waals surface area contributed by atoms with E-state index in [4.69, 9.17) is 9.15 Å². The molecular weight excluding hydrogens is 294 g/mol. The molecule has 5 heteroatoms. The van der Waals surface area contributed by atoms with Crippen LogP contribution in [0.2, 0.25) is 0 Å². The zero-order valence-corrected chi connectivity index (χ0v) is 13.2. The van der Waals surface area contributed by atoms with Gasteiger partial charge >= 0.3 is 5.97 Å². The van der Waals surface area contributed by atoms with Crippen molar-refractivity contribution in [1.82, 2.24) is 5.32 Å². The SMILES string of the molecule is COc1cccc(C(NCc2cc3c(o2)CCCC3)C(=O)O)c1. The van der Waals surface area contributed by atoms with Crippen molar-refractivity contribution in [3.05, 3.63) is 53.0 Å². The maximum absolute atomic E-state index is 11.6. The van der Waals surface area contributed by atoms with Gasteiger partial charge in [-0.2, -0.15) is 0 Å². The number of methoxy groups -OCH3 is 1. The van der Waals surface area contributed by atoms with E-state index in [0.717, 1.165) is 30.8 Å². The molecule has 1 aromatic carbocycles. The standard InChI is InChI=1S/C18H21NO4/c1-22-14-7-4-6-13(10-14)17(18(20)21)19-11-15-9-12-5-2-3-8-16(12)23-15/h4,6-7,9-10,17,19H,2-3,5,8,11H2,1H3,(H,20,21). The number of aryl methyl sites for hydroxylation is 2. The number of nitrogens with one attached hydrogen (secondary N) is 1. The third-order valence-corrected chi connectivity index (χ3v) is 4.20. The fourth-order valence-corrected chi connectivity index (χ4v) is 3.01. The summed E-state index contributed by atoms with van der Waals surface area (Å²) in [6.45, 7) is 0.390. The second kappa shape index (κ2) is 6.87. The molecule has 2 N–H and O–H groups in total. The minimum atomic E-state index is -0.922. The molecule has 0 amide bonds. The van der Waals surface area contributed by atoms with E-state index in [0.29, 0.717) is 17.9 Å². The van der Waals surface area contributed by atoms with Gasteiger partial charge in [0.2, 0.25) is 0 Å². The molecule has 0 saturated carbocycles. The van der Waals surface area contributed by atoms with Crippen molar-refractivity contribution >= 4 is 5.97 Å². The van der Waals surface area contributed by atoms with Crippen LogP contribution in [-0.4, -0.2) is 18.2 Å². The molecule has 0 aliphatic heterocycles. The van der Waals surface area contributed by atoms with Crippen LogP contribution in [0.3, 0.4) is 0 Å². The first kappa shape index (κ1) is 15.6. The van der Waals surface area contributed by atoms with Crippen LogP contribution in [0.4, 0.5) is 0 Å². The number of benzene rings is 1.